The first-order valence-electron chi connectivity index (χ1n) is 9.43. The third kappa shape index (κ3) is 4.02. The number of likely N-dealkylation sites (tertiary alicyclic amines) is 2. The molecule has 7 nitrogen and oxygen atoms in total. The van der Waals surface area contributed by atoms with Crippen LogP contribution in [0.3, 0.4) is 0 Å². The fourth-order valence-electron chi connectivity index (χ4n) is 3.90. The third-order valence-electron chi connectivity index (χ3n) is 5.23. The molecular weight excluding hydrogens is 318 g/mol. The molecule has 1 aromatic heterocycles. The van der Waals surface area contributed by atoms with E-state index in [0.717, 1.165) is 43.9 Å². The molecule has 25 heavy (non-hydrogen) atoms. The Morgan fingerprint density at radius 3 is 2.52 bits per heavy atom. The molecular formula is C18H29N5O2. The fourth-order valence-corrected chi connectivity index (χ4v) is 3.90. The molecule has 2 aliphatic rings. The molecule has 1 unspecified atom stereocenters. The van der Waals surface area contributed by atoms with E-state index in [1.165, 1.54) is 0 Å². The van der Waals surface area contributed by atoms with Crippen LogP contribution in [-0.4, -0.2) is 56.4 Å². The van der Waals surface area contributed by atoms with Crippen LogP contribution in [0, 0.1) is 18.8 Å². The Morgan fingerprint density at radius 2 is 1.92 bits per heavy atom. The van der Waals surface area contributed by atoms with E-state index in [4.69, 9.17) is 0 Å². The van der Waals surface area contributed by atoms with Crippen LogP contribution in [-0.2, 0) is 9.59 Å². The van der Waals surface area contributed by atoms with Crippen LogP contribution in [0.4, 0.5) is 0 Å². The molecule has 0 bridgehead atoms. The summed E-state index contributed by atoms with van der Waals surface area (Å²) in [5.41, 5.74) is 0. The van der Waals surface area contributed by atoms with Crippen molar-refractivity contribution in [2.45, 2.75) is 58.9 Å². The number of aryl methyl sites for hydroxylation is 1. The van der Waals surface area contributed by atoms with Gasteiger partial charge in [0.05, 0.1) is 6.04 Å². The molecule has 3 rings (SSSR count). The highest BCUT2D eigenvalue weighted by molar-refractivity contribution is 5.80. The maximum atomic E-state index is 13.0. The van der Waals surface area contributed by atoms with Crippen molar-refractivity contribution in [3.63, 3.8) is 0 Å². The quantitative estimate of drug-likeness (QED) is 0.904. The van der Waals surface area contributed by atoms with Gasteiger partial charge in [-0.05, 0) is 38.5 Å². The van der Waals surface area contributed by atoms with Crippen molar-refractivity contribution < 1.29 is 9.59 Å². The summed E-state index contributed by atoms with van der Waals surface area (Å²) in [5.74, 6) is 2.34. The fraction of sp³-hybridized carbons (Fsp3) is 0.778. The number of nitrogens with one attached hydrogen (secondary N) is 1. The number of rotatable bonds is 4. The zero-order valence-corrected chi connectivity index (χ0v) is 15.5. The Balaban J connectivity index is 1.58. The number of hydrogen-bond donors (Lipinski definition) is 1. The summed E-state index contributed by atoms with van der Waals surface area (Å²) in [7, 11) is 0. The summed E-state index contributed by atoms with van der Waals surface area (Å²) in [6, 6.07) is -0.00180. The van der Waals surface area contributed by atoms with Gasteiger partial charge >= 0.3 is 0 Å². The second-order valence-corrected chi connectivity index (χ2v) is 7.72. The van der Waals surface area contributed by atoms with Gasteiger partial charge in [0, 0.05) is 32.0 Å². The SMILES string of the molecule is Cc1nc(C2CCCN2C(=O)C2CCN(C(=O)CC(C)C)CC2)n[nH]1. The van der Waals surface area contributed by atoms with E-state index >= 15 is 0 Å². The summed E-state index contributed by atoms with van der Waals surface area (Å²) in [5, 5.41) is 7.13. The lowest BCUT2D eigenvalue weighted by Gasteiger charge is -2.34. The monoisotopic (exact) mass is 347 g/mol. The number of carbonyl (C=O) groups excluding carboxylic acids is 2. The van der Waals surface area contributed by atoms with Crippen molar-refractivity contribution in [1.29, 1.82) is 0 Å². The first kappa shape index (κ1) is 17.9. The topological polar surface area (TPSA) is 82.2 Å². The lowest BCUT2D eigenvalue weighted by atomic mass is 9.94. The summed E-state index contributed by atoms with van der Waals surface area (Å²) in [6.07, 6.45) is 4.04. The van der Waals surface area contributed by atoms with Crippen molar-refractivity contribution in [3.05, 3.63) is 11.6 Å². The molecule has 0 radical (unpaired) electrons. The summed E-state index contributed by atoms with van der Waals surface area (Å²) < 4.78 is 0. The van der Waals surface area contributed by atoms with E-state index in [1.807, 2.05) is 16.7 Å². The minimum atomic E-state index is -0.00180. The highest BCUT2D eigenvalue weighted by atomic mass is 16.2. The predicted molar refractivity (Wildman–Crippen MR) is 93.6 cm³/mol. The van der Waals surface area contributed by atoms with Gasteiger partial charge in [-0.2, -0.15) is 5.10 Å². The highest BCUT2D eigenvalue weighted by Crippen LogP contribution is 2.33. The Hall–Kier alpha value is -1.92. The zero-order chi connectivity index (χ0) is 18.0. The predicted octanol–water partition coefficient (Wildman–Crippen LogP) is 2.06. The van der Waals surface area contributed by atoms with E-state index in [9.17, 15) is 9.59 Å². The van der Waals surface area contributed by atoms with Crippen molar-refractivity contribution in [2.24, 2.45) is 11.8 Å². The molecule has 0 aliphatic carbocycles. The molecule has 2 saturated heterocycles. The maximum absolute atomic E-state index is 13.0. The molecule has 0 aromatic carbocycles. The molecule has 1 N–H and O–H groups in total. The smallest absolute Gasteiger partial charge is 0.226 e. The van der Waals surface area contributed by atoms with Crippen LogP contribution in [0.25, 0.3) is 0 Å². The number of nitrogens with zero attached hydrogens (tertiary/aromatic N) is 4. The molecule has 2 amide bonds. The number of aromatic nitrogens is 3. The van der Waals surface area contributed by atoms with E-state index in [2.05, 4.69) is 29.0 Å². The molecule has 1 atom stereocenters. The van der Waals surface area contributed by atoms with Gasteiger partial charge in [0.25, 0.3) is 0 Å². The van der Waals surface area contributed by atoms with E-state index in [1.54, 1.807) is 0 Å². The van der Waals surface area contributed by atoms with Crippen molar-refractivity contribution >= 4 is 11.8 Å². The third-order valence-corrected chi connectivity index (χ3v) is 5.23. The summed E-state index contributed by atoms with van der Waals surface area (Å²) >= 11 is 0. The van der Waals surface area contributed by atoms with Gasteiger partial charge in [-0.3, -0.25) is 14.7 Å². The normalized spacial score (nSPS) is 22.0. The van der Waals surface area contributed by atoms with Gasteiger partial charge in [-0.15, -0.1) is 0 Å². The second kappa shape index (κ2) is 7.54. The largest absolute Gasteiger partial charge is 0.343 e. The minimum Gasteiger partial charge on any atom is -0.343 e. The van der Waals surface area contributed by atoms with Gasteiger partial charge in [-0.25, -0.2) is 4.98 Å². The molecule has 3 heterocycles. The van der Waals surface area contributed by atoms with Gasteiger partial charge < -0.3 is 9.80 Å². The number of piperidine rings is 1. The van der Waals surface area contributed by atoms with Crippen LogP contribution >= 0.6 is 0 Å². The van der Waals surface area contributed by atoms with Crippen LogP contribution in [0.2, 0.25) is 0 Å². The number of amides is 2. The first-order valence-corrected chi connectivity index (χ1v) is 9.43. The summed E-state index contributed by atoms with van der Waals surface area (Å²) in [4.78, 5) is 33.5. The van der Waals surface area contributed by atoms with E-state index in [0.29, 0.717) is 25.4 Å². The van der Waals surface area contributed by atoms with Crippen molar-refractivity contribution in [1.82, 2.24) is 25.0 Å². The maximum Gasteiger partial charge on any atom is 0.226 e. The first-order chi connectivity index (χ1) is 12.0. The Kier molecular flexibility index (Phi) is 5.39. The van der Waals surface area contributed by atoms with Crippen LogP contribution in [0.15, 0.2) is 0 Å². The lowest BCUT2D eigenvalue weighted by Crippen LogP contribution is -2.44. The van der Waals surface area contributed by atoms with E-state index < -0.39 is 0 Å². The van der Waals surface area contributed by atoms with Gasteiger partial charge in [0.2, 0.25) is 11.8 Å². The average molecular weight is 347 g/mol. The minimum absolute atomic E-state index is 0.00180. The molecule has 0 spiro atoms. The lowest BCUT2D eigenvalue weighted by molar-refractivity contribution is -0.141. The zero-order valence-electron chi connectivity index (χ0n) is 15.5. The number of carbonyl (C=O) groups is 2. The molecule has 7 heteroatoms. The van der Waals surface area contributed by atoms with Gasteiger partial charge in [0.1, 0.15) is 5.82 Å². The van der Waals surface area contributed by atoms with Gasteiger partial charge in [0.15, 0.2) is 5.82 Å². The van der Waals surface area contributed by atoms with Crippen LogP contribution in [0.1, 0.15) is 63.6 Å². The Labute approximate surface area is 149 Å². The van der Waals surface area contributed by atoms with Crippen molar-refractivity contribution in [3.8, 4) is 0 Å². The van der Waals surface area contributed by atoms with Crippen molar-refractivity contribution in [2.75, 3.05) is 19.6 Å². The summed E-state index contributed by atoms with van der Waals surface area (Å²) in [6.45, 7) is 8.17. The molecule has 1 aromatic rings. The Morgan fingerprint density at radius 1 is 1.20 bits per heavy atom. The molecule has 0 saturated carbocycles. The highest BCUT2D eigenvalue weighted by Gasteiger charge is 2.37. The second-order valence-electron chi connectivity index (χ2n) is 7.72. The Bertz CT molecular complexity index is 619. The standard InChI is InChI=1S/C18H29N5O2/c1-12(2)11-16(24)22-9-6-14(7-10-22)18(25)23-8-4-5-15(23)17-19-13(3)20-21-17/h12,14-15H,4-11H2,1-3H3,(H,19,20,21). The van der Waals surface area contributed by atoms with Crippen LogP contribution in [0.5, 0.6) is 0 Å². The molecule has 138 valence electrons. The van der Waals surface area contributed by atoms with Crippen LogP contribution < -0.4 is 0 Å². The van der Waals surface area contributed by atoms with Gasteiger partial charge in [-0.1, -0.05) is 13.8 Å². The number of H-pyrrole nitrogens is 1. The molecule has 2 fully saturated rings. The average Bonchev–Trinajstić information content (AvgIpc) is 3.22. The molecule has 2 aliphatic heterocycles. The number of aromatic amines is 1. The number of hydrogen-bond acceptors (Lipinski definition) is 4. The van der Waals surface area contributed by atoms with E-state index in [-0.39, 0.29) is 23.8 Å².